The molecule has 1 rings (SSSR count). The number of hydrogen-bond acceptors (Lipinski definition) is 4. The van der Waals surface area contributed by atoms with Crippen LogP contribution in [0.25, 0.3) is 0 Å². The highest BCUT2D eigenvalue weighted by atomic mass is 19.3. The highest BCUT2D eigenvalue weighted by Crippen LogP contribution is 2.16. The second-order valence-electron chi connectivity index (χ2n) is 4.55. The van der Waals surface area contributed by atoms with E-state index in [4.69, 9.17) is 10.5 Å². The lowest BCUT2D eigenvalue weighted by molar-refractivity contribution is 0.00619. The summed E-state index contributed by atoms with van der Waals surface area (Å²) in [6, 6.07) is 0. The van der Waals surface area contributed by atoms with Gasteiger partial charge in [0.25, 0.3) is 6.43 Å². The van der Waals surface area contributed by atoms with Crippen molar-refractivity contribution in [3.05, 3.63) is 11.9 Å². The molecule has 0 aliphatic carbocycles. The van der Waals surface area contributed by atoms with Crippen molar-refractivity contribution < 1.29 is 18.3 Å². The van der Waals surface area contributed by atoms with E-state index in [9.17, 15) is 13.6 Å². The van der Waals surface area contributed by atoms with Gasteiger partial charge in [-0.1, -0.05) is 0 Å². The molecule has 0 fully saturated rings. The van der Waals surface area contributed by atoms with Gasteiger partial charge in [-0.25, -0.2) is 13.6 Å². The van der Waals surface area contributed by atoms with Crippen molar-refractivity contribution in [1.82, 2.24) is 9.78 Å². The van der Waals surface area contributed by atoms with Gasteiger partial charge < -0.3 is 10.5 Å². The Kier molecular flexibility index (Phi) is 3.69. The SMILES string of the molecule is CC(C)(C)OC(=O)c1nn(CC(F)F)cc1N. The summed E-state index contributed by atoms with van der Waals surface area (Å²) in [6.07, 6.45) is -1.37. The summed E-state index contributed by atoms with van der Waals surface area (Å²) >= 11 is 0. The van der Waals surface area contributed by atoms with Crippen LogP contribution < -0.4 is 5.73 Å². The smallest absolute Gasteiger partial charge is 0.361 e. The minimum atomic E-state index is -2.55. The zero-order chi connectivity index (χ0) is 13.2. The van der Waals surface area contributed by atoms with Crippen LogP contribution in [-0.4, -0.2) is 27.8 Å². The zero-order valence-electron chi connectivity index (χ0n) is 9.91. The van der Waals surface area contributed by atoms with Crippen LogP contribution >= 0.6 is 0 Å². The van der Waals surface area contributed by atoms with Gasteiger partial charge in [0.05, 0.1) is 5.69 Å². The number of aromatic nitrogens is 2. The van der Waals surface area contributed by atoms with E-state index < -0.39 is 24.5 Å². The molecule has 2 N–H and O–H groups in total. The number of halogens is 2. The van der Waals surface area contributed by atoms with Gasteiger partial charge in [-0.05, 0) is 20.8 Å². The lowest BCUT2D eigenvalue weighted by atomic mass is 10.2. The molecule has 17 heavy (non-hydrogen) atoms. The molecule has 1 heterocycles. The monoisotopic (exact) mass is 247 g/mol. The highest BCUT2D eigenvalue weighted by Gasteiger charge is 2.23. The molecule has 0 atom stereocenters. The van der Waals surface area contributed by atoms with Gasteiger partial charge in [0.2, 0.25) is 0 Å². The summed E-state index contributed by atoms with van der Waals surface area (Å²) in [7, 11) is 0. The summed E-state index contributed by atoms with van der Waals surface area (Å²) in [6.45, 7) is 4.47. The second kappa shape index (κ2) is 4.68. The van der Waals surface area contributed by atoms with Crippen molar-refractivity contribution in [3.63, 3.8) is 0 Å². The maximum absolute atomic E-state index is 12.1. The number of anilines is 1. The summed E-state index contributed by atoms with van der Waals surface area (Å²) < 4.78 is 30.2. The van der Waals surface area contributed by atoms with Crippen molar-refractivity contribution in [3.8, 4) is 0 Å². The summed E-state index contributed by atoms with van der Waals surface area (Å²) in [5.41, 5.74) is 4.71. The molecule has 0 saturated carbocycles. The van der Waals surface area contributed by atoms with Gasteiger partial charge in [-0.3, -0.25) is 4.68 Å². The predicted molar refractivity (Wildman–Crippen MR) is 57.8 cm³/mol. The Bertz CT molecular complexity index is 410. The van der Waals surface area contributed by atoms with Gasteiger partial charge in [-0.2, -0.15) is 5.10 Å². The normalized spacial score (nSPS) is 11.9. The summed E-state index contributed by atoms with van der Waals surface area (Å²) in [5, 5.41) is 3.67. The largest absolute Gasteiger partial charge is 0.455 e. The van der Waals surface area contributed by atoms with E-state index in [-0.39, 0.29) is 11.4 Å². The van der Waals surface area contributed by atoms with E-state index in [1.165, 1.54) is 6.20 Å². The van der Waals surface area contributed by atoms with Gasteiger partial charge in [0.1, 0.15) is 12.1 Å². The Morgan fingerprint density at radius 3 is 2.65 bits per heavy atom. The average molecular weight is 247 g/mol. The zero-order valence-corrected chi connectivity index (χ0v) is 9.91. The molecule has 0 bridgehead atoms. The number of ether oxygens (including phenoxy) is 1. The number of nitrogen functional groups attached to an aromatic ring is 1. The van der Waals surface area contributed by atoms with Crippen LogP contribution in [-0.2, 0) is 11.3 Å². The second-order valence-corrected chi connectivity index (χ2v) is 4.55. The van der Waals surface area contributed by atoms with Crippen molar-refractivity contribution in [2.75, 3.05) is 5.73 Å². The van der Waals surface area contributed by atoms with Gasteiger partial charge in [0.15, 0.2) is 5.69 Å². The minimum absolute atomic E-state index is 0.0277. The maximum Gasteiger partial charge on any atom is 0.361 e. The molecule has 0 spiro atoms. The van der Waals surface area contributed by atoms with E-state index in [0.717, 1.165) is 4.68 Å². The topological polar surface area (TPSA) is 70.1 Å². The van der Waals surface area contributed by atoms with Gasteiger partial charge >= 0.3 is 5.97 Å². The molecular formula is C10H15F2N3O2. The molecule has 96 valence electrons. The number of esters is 1. The molecule has 0 radical (unpaired) electrons. The van der Waals surface area contributed by atoms with E-state index in [1.54, 1.807) is 20.8 Å². The van der Waals surface area contributed by atoms with Crippen LogP contribution in [0.2, 0.25) is 0 Å². The number of nitrogens with zero attached hydrogens (tertiary/aromatic N) is 2. The molecule has 0 saturated heterocycles. The fourth-order valence-corrected chi connectivity index (χ4v) is 1.16. The first kappa shape index (κ1) is 13.4. The van der Waals surface area contributed by atoms with E-state index in [0.29, 0.717) is 0 Å². The van der Waals surface area contributed by atoms with Crippen LogP contribution in [0.5, 0.6) is 0 Å². The molecule has 7 heteroatoms. The van der Waals surface area contributed by atoms with Gasteiger partial charge in [-0.15, -0.1) is 0 Å². The first-order valence-corrected chi connectivity index (χ1v) is 5.03. The number of nitrogens with two attached hydrogens (primary N) is 1. The summed E-state index contributed by atoms with van der Waals surface area (Å²) in [4.78, 5) is 11.6. The lowest BCUT2D eigenvalue weighted by Gasteiger charge is -2.18. The maximum atomic E-state index is 12.1. The summed E-state index contributed by atoms with van der Waals surface area (Å²) in [5.74, 6) is -0.719. The molecule has 1 aromatic rings. The first-order valence-electron chi connectivity index (χ1n) is 5.03. The van der Waals surface area contributed by atoms with Gasteiger partial charge in [0, 0.05) is 6.20 Å². The average Bonchev–Trinajstić information content (AvgIpc) is 2.42. The Balaban J connectivity index is 2.84. The highest BCUT2D eigenvalue weighted by molar-refractivity contribution is 5.92. The number of alkyl halides is 2. The third-order valence-electron chi connectivity index (χ3n) is 1.71. The molecule has 0 amide bonds. The molecule has 5 nitrogen and oxygen atoms in total. The number of hydrogen-bond donors (Lipinski definition) is 1. The molecule has 0 aliphatic rings. The van der Waals surface area contributed by atoms with Crippen molar-refractivity contribution in [1.29, 1.82) is 0 Å². The number of rotatable bonds is 3. The number of carbonyl (C=O) groups is 1. The van der Waals surface area contributed by atoms with E-state index in [2.05, 4.69) is 5.10 Å². The van der Waals surface area contributed by atoms with E-state index >= 15 is 0 Å². The van der Waals surface area contributed by atoms with Crippen LogP contribution in [0.15, 0.2) is 6.20 Å². The van der Waals surface area contributed by atoms with Crippen molar-refractivity contribution in [2.45, 2.75) is 39.3 Å². The Morgan fingerprint density at radius 1 is 1.59 bits per heavy atom. The van der Waals surface area contributed by atoms with Crippen LogP contribution in [0, 0.1) is 0 Å². The predicted octanol–water partition coefficient (Wildman–Crippen LogP) is 1.69. The molecule has 1 aromatic heterocycles. The van der Waals surface area contributed by atoms with E-state index in [1.807, 2.05) is 0 Å². The van der Waals surface area contributed by atoms with Crippen molar-refractivity contribution >= 4 is 11.7 Å². The quantitative estimate of drug-likeness (QED) is 0.825. The van der Waals surface area contributed by atoms with Crippen LogP contribution in [0.1, 0.15) is 31.3 Å². The Labute approximate surface area is 97.5 Å². The van der Waals surface area contributed by atoms with Crippen LogP contribution in [0.4, 0.5) is 14.5 Å². The fourth-order valence-electron chi connectivity index (χ4n) is 1.16. The number of carbonyl (C=O) groups excluding carboxylic acids is 1. The third kappa shape index (κ3) is 4.01. The first-order chi connectivity index (χ1) is 7.69. The molecule has 0 aliphatic heterocycles. The molecule has 0 aromatic carbocycles. The molecule has 0 unspecified atom stereocenters. The third-order valence-corrected chi connectivity index (χ3v) is 1.71. The standard InChI is InChI=1S/C10H15F2N3O2/c1-10(2,3)17-9(16)8-6(13)4-15(14-8)5-7(11)12/h4,7H,5,13H2,1-3H3. The molecular weight excluding hydrogens is 232 g/mol. The Morgan fingerprint density at radius 2 is 2.18 bits per heavy atom. The van der Waals surface area contributed by atoms with Crippen LogP contribution in [0.3, 0.4) is 0 Å². The minimum Gasteiger partial charge on any atom is -0.455 e. The Hall–Kier alpha value is -1.66. The van der Waals surface area contributed by atoms with Crippen molar-refractivity contribution in [2.24, 2.45) is 0 Å². The fraction of sp³-hybridized carbons (Fsp3) is 0.600. The lowest BCUT2D eigenvalue weighted by Crippen LogP contribution is -2.24.